The van der Waals surface area contributed by atoms with Crippen molar-refractivity contribution in [3.05, 3.63) is 58.6 Å². The molecule has 0 saturated carbocycles. The van der Waals surface area contributed by atoms with Gasteiger partial charge in [0.05, 0.1) is 13.5 Å². The second kappa shape index (κ2) is 7.18. The van der Waals surface area contributed by atoms with Gasteiger partial charge in [-0.1, -0.05) is 52.3 Å². The van der Waals surface area contributed by atoms with Crippen molar-refractivity contribution >= 4 is 27.7 Å². The van der Waals surface area contributed by atoms with Crippen molar-refractivity contribution in [3.8, 4) is 11.1 Å². The molecule has 0 aliphatic heterocycles. The van der Waals surface area contributed by atoms with E-state index in [0.29, 0.717) is 5.56 Å². The molecule has 3 nitrogen and oxygen atoms in total. The maximum atomic E-state index is 11.9. The molecule has 0 aliphatic rings. The molecule has 21 heavy (non-hydrogen) atoms. The summed E-state index contributed by atoms with van der Waals surface area (Å²) in [5, 5.41) is 0. The molecule has 0 spiro atoms. The number of carbonyl (C=O) groups excluding carboxylic acids is 2. The second-order valence-corrected chi connectivity index (χ2v) is 5.50. The summed E-state index contributed by atoms with van der Waals surface area (Å²) in [7, 11) is 1.32. The molecular formula is C17H15BrO3. The molecule has 2 aromatic carbocycles. The Bertz CT molecular complexity index is 630. The van der Waals surface area contributed by atoms with Crippen LogP contribution in [0.2, 0.25) is 0 Å². The standard InChI is InChI=1S/C17H15BrO3/c1-21-17(20)11-10-16(19)14-4-2-12(3-5-14)13-6-8-15(18)9-7-13/h2-9H,10-11H2,1H3. The Hall–Kier alpha value is -1.94. The van der Waals surface area contributed by atoms with Crippen LogP contribution in [0.4, 0.5) is 0 Å². The van der Waals surface area contributed by atoms with Crippen molar-refractivity contribution in [1.29, 1.82) is 0 Å². The number of rotatable bonds is 5. The third kappa shape index (κ3) is 4.26. The number of esters is 1. The Kier molecular flexibility index (Phi) is 5.28. The largest absolute Gasteiger partial charge is 0.469 e. The van der Waals surface area contributed by atoms with Gasteiger partial charge in [0.2, 0.25) is 0 Å². The minimum absolute atomic E-state index is 0.0530. The van der Waals surface area contributed by atoms with E-state index in [1.165, 1.54) is 7.11 Å². The van der Waals surface area contributed by atoms with Crippen molar-refractivity contribution in [1.82, 2.24) is 0 Å². The van der Waals surface area contributed by atoms with Crippen molar-refractivity contribution in [2.75, 3.05) is 7.11 Å². The highest BCUT2D eigenvalue weighted by Gasteiger charge is 2.09. The van der Waals surface area contributed by atoms with E-state index in [0.717, 1.165) is 15.6 Å². The summed E-state index contributed by atoms with van der Waals surface area (Å²) < 4.78 is 5.56. The van der Waals surface area contributed by atoms with Gasteiger partial charge in [-0.2, -0.15) is 0 Å². The molecule has 2 rings (SSSR count). The SMILES string of the molecule is COC(=O)CCC(=O)c1ccc(-c2ccc(Br)cc2)cc1. The zero-order chi connectivity index (χ0) is 15.2. The van der Waals surface area contributed by atoms with Crippen LogP contribution in [0.5, 0.6) is 0 Å². The minimum atomic E-state index is -0.366. The summed E-state index contributed by atoms with van der Waals surface area (Å²) in [6, 6.07) is 15.4. The van der Waals surface area contributed by atoms with E-state index in [2.05, 4.69) is 20.7 Å². The first kappa shape index (κ1) is 15.4. The van der Waals surface area contributed by atoms with Gasteiger partial charge in [-0.15, -0.1) is 0 Å². The Morgan fingerprint density at radius 1 is 0.905 bits per heavy atom. The number of benzene rings is 2. The summed E-state index contributed by atoms with van der Waals surface area (Å²) in [5.74, 6) is -0.419. The third-order valence-electron chi connectivity index (χ3n) is 3.17. The molecule has 0 saturated heterocycles. The number of carbonyl (C=O) groups is 2. The highest BCUT2D eigenvalue weighted by atomic mass is 79.9. The molecule has 0 unspecified atom stereocenters. The van der Waals surface area contributed by atoms with Crippen LogP contribution in [-0.4, -0.2) is 18.9 Å². The zero-order valence-corrected chi connectivity index (χ0v) is 13.2. The lowest BCUT2D eigenvalue weighted by Crippen LogP contribution is -2.05. The summed E-state index contributed by atoms with van der Waals surface area (Å²) in [4.78, 5) is 23.0. The lowest BCUT2D eigenvalue weighted by molar-refractivity contribution is -0.140. The monoisotopic (exact) mass is 346 g/mol. The molecule has 0 aliphatic carbocycles. The van der Waals surface area contributed by atoms with Gasteiger partial charge in [0.1, 0.15) is 0 Å². The fraction of sp³-hybridized carbons (Fsp3) is 0.176. The predicted octanol–water partition coefficient (Wildman–Crippen LogP) is 4.25. The quantitative estimate of drug-likeness (QED) is 0.600. The van der Waals surface area contributed by atoms with Crippen molar-refractivity contribution in [3.63, 3.8) is 0 Å². The number of ether oxygens (including phenoxy) is 1. The third-order valence-corrected chi connectivity index (χ3v) is 3.70. The maximum Gasteiger partial charge on any atom is 0.305 e. The Morgan fingerprint density at radius 2 is 1.43 bits per heavy atom. The van der Waals surface area contributed by atoms with Gasteiger partial charge in [0.25, 0.3) is 0 Å². The molecule has 2 aromatic rings. The van der Waals surface area contributed by atoms with Crippen molar-refractivity contribution < 1.29 is 14.3 Å². The van der Waals surface area contributed by atoms with Crippen LogP contribution in [-0.2, 0) is 9.53 Å². The Morgan fingerprint density at radius 3 is 1.95 bits per heavy atom. The van der Waals surface area contributed by atoms with E-state index in [-0.39, 0.29) is 24.6 Å². The zero-order valence-electron chi connectivity index (χ0n) is 11.6. The highest BCUT2D eigenvalue weighted by molar-refractivity contribution is 9.10. The van der Waals surface area contributed by atoms with Crippen LogP contribution in [0.1, 0.15) is 23.2 Å². The first-order valence-electron chi connectivity index (χ1n) is 6.56. The molecule has 0 fully saturated rings. The molecule has 0 radical (unpaired) electrons. The first-order chi connectivity index (χ1) is 10.1. The normalized spacial score (nSPS) is 10.2. The van der Waals surface area contributed by atoms with E-state index in [1.54, 1.807) is 12.1 Å². The van der Waals surface area contributed by atoms with E-state index < -0.39 is 0 Å². The van der Waals surface area contributed by atoms with Gasteiger partial charge in [-0.25, -0.2) is 0 Å². The van der Waals surface area contributed by atoms with E-state index >= 15 is 0 Å². The number of hydrogen-bond donors (Lipinski definition) is 0. The molecule has 0 N–H and O–H groups in total. The van der Waals surface area contributed by atoms with Crippen LogP contribution < -0.4 is 0 Å². The molecule has 0 heterocycles. The lowest BCUT2D eigenvalue weighted by Gasteiger charge is -2.04. The second-order valence-electron chi connectivity index (χ2n) is 4.58. The van der Waals surface area contributed by atoms with Gasteiger partial charge in [-0.3, -0.25) is 9.59 Å². The van der Waals surface area contributed by atoms with Crippen molar-refractivity contribution in [2.45, 2.75) is 12.8 Å². The smallest absolute Gasteiger partial charge is 0.305 e. The summed E-state index contributed by atoms with van der Waals surface area (Å²) in [5.41, 5.74) is 2.75. The van der Waals surface area contributed by atoms with E-state index in [1.807, 2.05) is 36.4 Å². The Labute approximate surface area is 132 Å². The number of Topliss-reactive ketones (excluding diaryl/α,β-unsaturated/α-hetero) is 1. The van der Waals surface area contributed by atoms with Gasteiger partial charge in [0, 0.05) is 16.5 Å². The fourth-order valence-electron chi connectivity index (χ4n) is 1.95. The first-order valence-corrected chi connectivity index (χ1v) is 7.35. The highest BCUT2D eigenvalue weighted by Crippen LogP contribution is 2.22. The molecule has 4 heteroatoms. The number of ketones is 1. The fourth-order valence-corrected chi connectivity index (χ4v) is 2.22. The predicted molar refractivity (Wildman–Crippen MR) is 85.2 cm³/mol. The molecule has 0 atom stereocenters. The summed E-state index contributed by atoms with van der Waals surface area (Å²) in [6.07, 6.45) is 0.286. The molecule has 0 bridgehead atoms. The molecule has 0 amide bonds. The van der Waals surface area contributed by atoms with Crippen molar-refractivity contribution in [2.24, 2.45) is 0 Å². The number of methoxy groups -OCH3 is 1. The van der Waals surface area contributed by atoms with Crippen LogP contribution in [0, 0.1) is 0 Å². The van der Waals surface area contributed by atoms with Crippen LogP contribution >= 0.6 is 15.9 Å². The Balaban J connectivity index is 2.06. The van der Waals surface area contributed by atoms with E-state index in [4.69, 9.17) is 0 Å². The molecule has 108 valence electrons. The van der Waals surface area contributed by atoms with Crippen LogP contribution in [0.15, 0.2) is 53.0 Å². The molecular weight excluding hydrogens is 332 g/mol. The molecule has 0 aromatic heterocycles. The topological polar surface area (TPSA) is 43.4 Å². The number of halogens is 1. The summed E-state index contributed by atoms with van der Waals surface area (Å²) in [6.45, 7) is 0. The maximum absolute atomic E-state index is 11.9. The average molecular weight is 347 g/mol. The average Bonchev–Trinajstić information content (AvgIpc) is 2.53. The van der Waals surface area contributed by atoms with Gasteiger partial charge >= 0.3 is 5.97 Å². The summed E-state index contributed by atoms with van der Waals surface area (Å²) >= 11 is 3.40. The lowest BCUT2D eigenvalue weighted by atomic mass is 10.0. The van der Waals surface area contributed by atoms with Gasteiger partial charge in [-0.05, 0) is 23.3 Å². The minimum Gasteiger partial charge on any atom is -0.469 e. The number of hydrogen-bond acceptors (Lipinski definition) is 3. The van der Waals surface area contributed by atoms with Crippen LogP contribution in [0.25, 0.3) is 11.1 Å². The van der Waals surface area contributed by atoms with Gasteiger partial charge in [0.15, 0.2) is 5.78 Å². The van der Waals surface area contributed by atoms with Crippen LogP contribution in [0.3, 0.4) is 0 Å². The van der Waals surface area contributed by atoms with E-state index in [9.17, 15) is 9.59 Å². The van der Waals surface area contributed by atoms with Gasteiger partial charge < -0.3 is 4.74 Å².